The molecule has 0 saturated heterocycles. The van der Waals surface area contributed by atoms with E-state index in [2.05, 4.69) is 18.5 Å². The summed E-state index contributed by atoms with van der Waals surface area (Å²) in [6.07, 6.45) is 10.7. The zero-order chi connectivity index (χ0) is 10.2. The Morgan fingerprint density at radius 1 is 1.29 bits per heavy atom. The number of thioether (sulfide) groups is 1. The van der Waals surface area contributed by atoms with Crippen LogP contribution in [0.3, 0.4) is 0 Å². The third-order valence-corrected chi connectivity index (χ3v) is 4.08. The number of nitrogens with one attached hydrogen (secondary N) is 1. The second-order valence-corrected chi connectivity index (χ2v) is 5.38. The smallest absolute Gasteiger partial charge is 0.00671 e. The first-order chi connectivity index (χ1) is 6.86. The first-order valence-corrected chi connectivity index (χ1v) is 7.48. The second kappa shape index (κ2) is 7.58. The highest BCUT2D eigenvalue weighted by Crippen LogP contribution is 2.18. The molecule has 0 aromatic heterocycles. The van der Waals surface area contributed by atoms with Crippen molar-refractivity contribution >= 4 is 11.8 Å². The van der Waals surface area contributed by atoms with Crippen molar-refractivity contribution < 1.29 is 0 Å². The highest BCUT2D eigenvalue weighted by Gasteiger charge is 2.14. The van der Waals surface area contributed by atoms with E-state index in [1.165, 1.54) is 50.8 Å². The normalized spacial score (nSPS) is 21.0. The van der Waals surface area contributed by atoms with Gasteiger partial charge in [0.25, 0.3) is 0 Å². The van der Waals surface area contributed by atoms with Crippen molar-refractivity contribution in [2.75, 3.05) is 18.6 Å². The summed E-state index contributed by atoms with van der Waals surface area (Å²) in [7, 11) is 0. The van der Waals surface area contributed by atoms with Gasteiger partial charge in [0.2, 0.25) is 0 Å². The molecule has 0 bridgehead atoms. The van der Waals surface area contributed by atoms with Crippen LogP contribution >= 0.6 is 11.8 Å². The van der Waals surface area contributed by atoms with Crippen molar-refractivity contribution in [3.63, 3.8) is 0 Å². The minimum atomic E-state index is 0.833. The third-order valence-electron chi connectivity index (χ3n) is 3.28. The van der Waals surface area contributed by atoms with Crippen molar-refractivity contribution in [2.45, 2.75) is 51.5 Å². The molecule has 1 saturated carbocycles. The second-order valence-electron chi connectivity index (χ2n) is 4.47. The van der Waals surface area contributed by atoms with E-state index < -0.39 is 0 Å². The molecule has 1 N–H and O–H groups in total. The van der Waals surface area contributed by atoms with Gasteiger partial charge in [0.05, 0.1) is 0 Å². The van der Waals surface area contributed by atoms with E-state index in [0.717, 1.165) is 12.0 Å². The van der Waals surface area contributed by atoms with E-state index in [0.29, 0.717) is 0 Å². The zero-order valence-electron chi connectivity index (χ0n) is 9.72. The van der Waals surface area contributed by atoms with Crippen LogP contribution in [0, 0.1) is 5.92 Å². The first kappa shape index (κ1) is 12.4. The summed E-state index contributed by atoms with van der Waals surface area (Å²) in [5, 5.41) is 3.74. The highest BCUT2D eigenvalue weighted by molar-refractivity contribution is 7.98. The molecule has 0 aromatic carbocycles. The SMILES string of the molecule is CC[C@H](CNC1CCCCC1)CSC. The van der Waals surface area contributed by atoms with Crippen LogP contribution in [-0.4, -0.2) is 24.6 Å². The molecule has 1 aliphatic carbocycles. The van der Waals surface area contributed by atoms with Crippen molar-refractivity contribution in [3.8, 4) is 0 Å². The molecule has 0 amide bonds. The van der Waals surface area contributed by atoms with Crippen LogP contribution in [0.5, 0.6) is 0 Å². The van der Waals surface area contributed by atoms with E-state index >= 15 is 0 Å². The predicted molar refractivity (Wildman–Crippen MR) is 67.0 cm³/mol. The molecule has 1 rings (SSSR count). The summed E-state index contributed by atoms with van der Waals surface area (Å²) in [6.45, 7) is 3.55. The van der Waals surface area contributed by atoms with Gasteiger partial charge in [-0.2, -0.15) is 11.8 Å². The Hall–Kier alpha value is 0.310. The molecular formula is C12H25NS. The molecule has 84 valence electrons. The lowest BCUT2D eigenvalue weighted by atomic mass is 9.95. The summed E-state index contributed by atoms with van der Waals surface area (Å²) in [6, 6.07) is 0.833. The van der Waals surface area contributed by atoms with Gasteiger partial charge in [-0.15, -0.1) is 0 Å². The Morgan fingerprint density at radius 3 is 2.57 bits per heavy atom. The molecule has 1 fully saturated rings. The maximum atomic E-state index is 3.74. The Bertz CT molecular complexity index is 128. The zero-order valence-corrected chi connectivity index (χ0v) is 10.5. The lowest BCUT2D eigenvalue weighted by Gasteiger charge is -2.25. The summed E-state index contributed by atoms with van der Waals surface area (Å²) < 4.78 is 0. The summed E-state index contributed by atoms with van der Waals surface area (Å²) in [5.74, 6) is 2.20. The van der Waals surface area contributed by atoms with E-state index in [-0.39, 0.29) is 0 Å². The number of hydrogen-bond acceptors (Lipinski definition) is 2. The lowest BCUT2D eigenvalue weighted by molar-refractivity contribution is 0.351. The van der Waals surface area contributed by atoms with Gasteiger partial charge in [-0.3, -0.25) is 0 Å². The molecule has 1 aliphatic rings. The van der Waals surface area contributed by atoms with Crippen LogP contribution in [0.4, 0.5) is 0 Å². The molecule has 0 aliphatic heterocycles. The van der Waals surface area contributed by atoms with Crippen LogP contribution in [-0.2, 0) is 0 Å². The quantitative estimate of drug-likeness (QED) is 0.729. The molecule has 1 nitrogen and oxygen atoms in total. The molecule has 0 radical (unpaired) electrons. The maximum Gasteiger partial charge on any atom is 0.00671 e. The summed E-state index contributed by atoms with van der Waals surface area (Å²) in [4.78, 5) is 0. The van der Waals surface area contributed by atoms with Crippen LogP contribution in [0.25, 0.3) is 0 Å². The van der Waals surface area contributed by atoms with Gasteiger partial charge in [0.1, 0.15) is 0 Å². The van der Waals surface area contributed by atoms with Crippen LogP contribution < -0.4 is 5.32 Å². The average molecular weight is 215 g/mol. The Kier molecular flexibility index (Phi) is 6.70. The molecule has 0 unspecified atom stereocenters. The topological polar surface area (TPSA) is 12.0 Å². The van der Waals surface area contributed by atoms with Crippen molar-refractivity contribution in [2.24, 2.45) is 5.92 Å². The van der Waals surface area contributed by atoms with Crippen LogP contribution in [0.2, 0.25) is 0 Å². The predicted octanol–water partition coefficient (Wildman–Crippen LogP) is 3.30. The molecule has 1 atom stereocenters. The molecule has 0 heterocycles. The van der Waals surface area contributed by atoms with Gasteiger partial charge < -0.3 is 5.32 Å². The van der Waals surface area contributed by atoms with E-state index in [1.54, 1.807) is 0 Å². The Labute approximate surface area is 93.4 Å². The van der Waals surface area contributed by atoms with Crippen molar-refractivity contribution in [1.29, 1.82) is 0 Å². The average Bonchev–Trinajstić information content (AvgIpc) is 2.25. The van der Waals surface area contributed by atoms with Crippen LogP contribution in [0.1, 0.15) is 45.4 Å². The number of rotatable bonds is 6. The van der Waals surface area contributed by atoms with E-state index in [1.807, 2.05) is 11.8 Å². The fraction of sp³-hybridized carbons (Fsp3) is 1.00. The maximum absolute atomic E-state index is 3.74. The standard InChI is InChI=1S/C12H25NS/c1-3-11(10-14-2)9-13-12-7-5-4-6-8-12/h11-13H,3-10H2,1-2H3/t11-/m1/s1. The van der Waals surface area contributed by atoms with Crippen molar-refractivity contribution in [3.05, 3.63) is 0 Å². The largest absolute Gasteiger partial charge is 0.314 e. The molecule has 0 aromatic rings. The summed E-state index contributed by atoms with van der Waals surface area (Å²) >= 11 is 1.98. The van der Waals surface area contributed by atoms with Crippen molar-refractivity contribution in [1.82, 2.24) is 5.32 Å². The number of hydrogen-bond donors (Lipinski definition) is 1. The fourth-order valence-corrected chi connectivity index (χ4v) is 3.02. The fourth-order valence-electron chi connectivity index (χ4n) is 2.20. The van der Waals surface area contributed by atoms with E-state index in [9.17, 15) is 0 Å². The van der Waals surface area contributed by atoms with Gasteiger partial charge >= 0.3 is 0 Å². The molecule has 14 heavy (non-hydrogen) atoms. The Morgan fingerprint density at radius 2 is 2.00 bits per heavy atom. The van der Waals surface area contributed by atoms with Crippen LogP contribution in [0.15, 0.2) is 0 Å². The van der Waals surface area contributed by atoms with Gasteiger partial charge in [0, 0.05) is 6.04 Å². The van der Waals surface area contributed by atoms with E-state index in [4.69, 9.17) is 0 Å². The first-order valence-electron chi connectivity index (χ1n) is 6.09. The minimum absolute atomic E-state index is 0.833. The molecule has 0 spiro atoms. The van der Waals surface area contributed by atoms with Gasteiger partial charge in [-0.05, 0) is 37.3 Å². The van der Waals surface area contributed by atoms with Gasteiger partial charge in [-0.25, -0.2) is 0 Å². The Balaban J connectivity index is 2.10. The molecular weight excluding hydrogens is 190 g/mol. The van der Waals surface area contributed by atoms with Gasteiger partial charge in [-0.1, -0.05) is 32.6 Å². The lowest BCUT2D eigenvalue weighted by Crippen LogP contribution is -2.35. The third kappa shape index (κ3) is 4.70. The highest BCUT2D eigenvalue weighted by atomic mass is 32.2. The summed E-state index contributed by atoms with van der Waals surface area (Å²) in [5.41, 5.74) is 0. The van der Waals surface area contributed by atoms with Gasteiger partial charge in [0.15, 0.2) is 0 Å². The monoisotopic (exact) mass is 215 g/mol. The minimum Gasteiger partial charge on any atom is -0.314 e. The molecule has 2 heteroatoms.